The van der Waals surface area contributed by atoms with E-state index >= 15 is 0 Å². The van der Waals surface area contributed by atoms with Crippen molar-refractivity contribution in [3.8, 4) is 0 Å². The Balaban J connectivity index is -0.0000000823. The molecular weight excluding hydrogens is 337 g/mol. The van der Waals surface area contributed by atoms with E-state index in [1.807, 2.05) is 6.08 Å². The Morgan fingerprint density at radius 3 is 1.50 bits per heavy atom. The van der Waals surface area contributed by atoms with Crippen LogP contribution in [0.15, 0.2) is 12.7 Å². The molecule has 0 bridgehead atoms. The van der Waals surface area contributed by atoms with Crippen molar-refractivity contribution in [3.05, 3.63) is 12.7 Å². The standard InChI is InChI=1S/C5H12O.C4H8.C3H10O3Si.Ru/c1-2-3-4-5-6;1-3-4-2;1-4-7(5-2)6-3;/h6H,2-5H2,1H3;3H,1,4H2,2H3;7H,1-3H3;. The van der Waals surface area contributed by atoms with E-state index in [0.717, 1.165) is 19.3 Å². The molecule has 0 aliphatic carbocycles. The number of hydrogen-bond donors (Lipinski definition) is 1. The molecule has 114 valence electrons. The van der Waals surface area contributed by atoms with Crippen molar-refractivity contribution < 1.29 is 37.9 Å². The number of aliphatic hydroxyl groups is 1. The Hall–Kier alpha value is 0.420. The van der Waals surface area contributed by atoms with E-state index in [9.17, 15) is 0 Å². The van der Waals surface area contributed by atoms with Gasteiger partial charge in [0.1, 0.15) is 0 Å². The molecule has 0 saturated heterocycles. The Labute approximate surface area is 127 Å². The Bertz CT molecular complexity index is 115. The zero-order chi connectivity index (χ0) is 13.9. The monoisotopic (exact) mass is 368 g/mol. The van der Waals surface area contributed by atoms with Gasteiger partial charge in [0.05, 0.1) is 0 Å². The van der Waals surface area contributed by atoms with Crippen LogP contribution >= 0.6 is 0 Å². The zero-order valence-electron chi connectivity index (χ0n) is 12.4. The van der Waals surface area contributed by atoms with Crippen LogP contribution in [0.4, 0.5) is 0 Å². The number of rotatable bonds is 7. The van der Waals surface area contributed by atoms with Gasteiger partial charge < -0.3 is 18.4 Å². The Morgan fingerprint density at radius 1 is 1.06 bits per heavy atom. The van der Waals surface area contributed by atoms with Crippen LogP contribution in [0.2, 0.25) is 0 Å². The van der Waals surface area contributed by atoms with E-state index in [1.54, 1.807) is 21.3 Å². The van der Waals surface area contributed by atoms with Crippen molar-refractivity contribution in [2.75, 3.05) is 27.9 Å². The van der Waals surface area contributed by atoms with Crippen molar-refractivity contribution in [2.24, 2.45) is 0 Å². The fourth-order valence-electron chi connectivity index (χ4n) is 0.650. The number of unbranched alkanes of at least 4 members (excludes halogenated alkanes) is 2. The van der Waals surface area contributed by atoms with Crippen LogP contribution in [0.25, 0.3) is 0 Å². The summed E-state index contributed by atoms with van der Waals surface area (Å²) in [5.41, 5.74) is 0. The summed E-state index contributed by atoms with van der Waals surface area (Å²) in [6.07, 6.45) is 6.29. The van der Waals surface area contributed by atoms with Crippen molar-refractivity contribution in [1.82, 2.24) is 0 Å². The van der Waals surface area contributed by atoms with E-state index in [-0.39, 0.29) is 19.5 Å². The van der Waals surface area contributed by atoms with Gasteiger partial charge in [0.2, 0.25) is 0 Å². The van der Waals surface area contributed by atoms with Crippen LogP contribution in [-0.4, -0.2) is 42.6 Å². The number of allylic oxidation sites excluding steroid dienone is 1. The summed E-state index contributed by atoms with van der Waals surface area (Å²) < 4.78 is 14.2. The quantitative estimate of drug-likeness (QED) is 0.426. The van der Waals surface area contributed by atoms with Crippen LogP contribution < -0.4 is 0 Å². The van der Waals surface area contributed by atoms with Crippen LogP contribution in [0.3, 0.4) is 0 Å². The SMILES string of the molecule is C=CCC.CCCCCO.CO[SiH](OC)OC.[Ru]. The van der Waals surface area contributed by atoms with Gasteiger partial charge in [0, 0.05) is 47.4 Å². The molecule has 0 rings (SSSR count). The average molecular weight is 368 g/mol. The largest absolute Gasteiger partial charge is 0.483 e. The van der Waals surface area contributed by atoms with Gasteiger partial charge in [-0.3, -0.25) is 0 Å². The predicted octanol–water partition coefficient (Wildman–Crippen LogP) is 2.39. The molecule has 0 radical (unpaired) electrons. The van der Waals surface area contributed by atoms with Crippen LogP contribution in [-0.2, 0) is 32.8 Å². The van der Waals surface area contributed by atoms with Crippen molar-refractivity contribution in [2.45, 2.75) is 39.5 Å². The Kier molecular flexibility index (Phi) is 45.5. The van der Waals surface area contributed by atoms with Gasteiger partial charge >= 0.3 is 9.53 Å². The van der Waals surface area contributed by atoms with Gasteiger partial charge in [-0.2, -0.15) is 0 Å². The molecule has 0 aromatic carbocycles. The normalized spacial score (nSPS) is 8.39. The topological polar surface area (TPSA) is 47.9 Å². The molecule has 0 amide bonds. The van der Waals surface area contributed by atoms with Gasteiger partial charge in [0.25, 0.3) is 0 Å². The van der Waals surface area contributed by atoms with Crippen LogP contribution in [0.1, 0.15) is 39.5 Å². The molecule has 0 fully saturated rings. The van der Waals surface area contributed by atoms with Crippen molar-refractivity contribution in [3.63, 3.8) is 0 Å². The van der Waals surface area contributed by atoms with E-state index in [2.05, 4.69) is 20.4 Å². The zero-order valence-corrected chi connectivity index (χ0v) is 15.3. The molecule has 6 heteroatoms. The average Bonchev–Trinajstić information content (AvgIpc) is 2.39. The first-order valence-electron chi connectivity index (χ1n) is 5.98. The summed E-state index contributed by atoms with van der Waals surface area (Å²) in [5, 5.41) is 8.20. The molecule has 18 heavy (non-hydrogen) atoms. The minimum atomic E-state index is -1.67. The van der Waals surface area contributed by atoms with Gasteiger partial charge in [-0.1, -0.05) is 32.8 Å². The first-order valence-corrected chi connectivity index (χ1v) is 7.39. The molecule has 4 nitrogen and oxygen atoms in total. The minimum absolute atomic E-state index is 0. The summed E-state index contributed by atoms with van der Waals surface area (Å²) >= 11 is 0. The predicted molar refractivity (Wildman–Crippen MR) is 75.3 cm³/mol. The van der Waals surface area contributed by atoms with E-state index in [1.165, 1.54) is 6.42 Å². The number of aliphatic hydroxyl groups excluding tert-OH is 1. The maximum absolute atomic E-state index is 8.20. The van der Waals surface area contributed by atoms with Crippen LogP contribution in [0, 0.1) is 0 Å². The molecule has 0 saturated carbocycles. The molecule has 0 aromatic heterocycles. The van der Waals surface area contributed by atoms with E-state index in [0.29, 0.717) is 6.61 Å². The molecule has 0 aliphatic heterocycles. The van der Waals surface area contributed by atoms with E-state index < -0.39 is 9.53 Å². The van der Waals surface area contributed by atoms with Gasteiger partial charge in [-0.15, -0.1) is 6.58 Å². The molecular formula is C12H30O4RuSi. The Morgan fingerprint density at radius 2 is 1.44 bits per heavy atom. The molecule has 0 unspecified atom stereocenters. The maximum atomic E-state index is 8.20. The fourth-order valence-corrected chi connectivity index (χ4v) is 1.23. The summed E-state index contributed by atoms with van der Waals surface area (Å²) in [4.78, 5) is 0. The first kappa shape index (κ1) is 26.9. The molecule has 1 N–H and O–H groups in total. The summed E-state index contributed by atoms with van der Waals surface area (Å²) in [6.45, 7) is 8.02. The van der Waals surface area contributed by atoms with Crippen molar-refractivity contribution >= 4 is 9.53 Å². The second-order valence-electron chi connectivity index (χ2n) is 3.12. The minimum Gasteiger partial charge on any atom is -0.396 e. The van der Waals surface area contributed by atoms with Gasteiger partial charge in [-0.05, 0) is 12.8 Å². The second-order valence-corrected chi connectivity index (χ2v) is 5.11. The van der Waals surface area contributed by atoms with Gasteiger partial charge in [0.15, 0.2) is 0 Å². The van der Waals surface area contributed by atoms with Gasteiger partial charge in [-0.25, -0.2) is 0 Å². The van der Waals surface area contributed by atoms with Crippen LogP contribution in [0.5, 0.6) is 0 Å². The van der Waals surface area contributed by atoms with E-state index in [4.69, 9.17) is 18.4 Å². The molecule has 0 spiro atoms. The smallest absolute Gasteiger partial charge is 0.396 e. The first-order chi connectivity index (χ1) is 8.17. The second kappa shape index (κ2) is 30.4. The summed E-state index contributed by atoms with van der Waals surface area (Å²) in [5.74, 6) is 0. The molecule has 0 heterocycles. The third kappa shape index (κ3) is 36.0. The summed E-state index contributed by atoms with van der Waals surface area (Å²) in [6, 6.07) is 0. The van der Waals surface area contributed by atoms with Crippen molar-refractivity contribution in [1.29, 1.82) is 0 Å². The molecule has 0 aromatic rings. The molecule has 0 atom stereocenters. The fraction of sp³-hybridized carbons (Fsp3) is 0.833. The summed E-state index contributed by atoms with van der Waals surface area (Å²) in [7, 11) is 3.05. The third-order valence-corrected chi connectivity index (χ3v) is 2.78. The maximum Gasteiger partial charge on any atom is 0.483 e. The molecule has 0 aliphatic rings. The third-order valence-electron chi connectivity index (χ3n) is 1.63. The number of hydrogen-bond acceptors (Lipinski definition) is 4.